The SMILES string of the molecule is CC(C)(C(=O)NCl)C(F)(F)F. The monoisotopic (exact) mass is 189 g/mol. The van der Waals surface area contributed by atoms with Gasteiger partial charge < -0.3 is 0 Å². The number of carbonyl (C=O) groups is 1. The van der Waals surface area contributed by atoms with Crippen molar-refractivity contribution in [3.63, 3.8) is 0 Å². The van der Waals surface area contributed by atoms with Crippen LogP contribution in [-0.2, 0) is 4.79 Å². The van der Waals surface area contributed by atoms with Crippen LogP contribution in [-0.4, -0.2) is 12.1 Å². The van der Waals surface area contributed by atoms with Crippen molar-refractivity contribution in [2.24, 2.45) is 5.41 Å². The quantitative estimate of drug-likeness (QED) is 0.627. The van der Waals surface area contributed by atoms with Gasteiger partial charge in [-0.25, -0.2) is 0 Å². The van der Waals surface area contributed by atoms with Gasteiger partial charge in [-0.1, -0.05) is 0 Å². The summed E-state index contributed by atoms with van der Waals surface area (Å²) in [4.78, 5) is 11.9. The highest BCUT2D eigenvalue weighted by Gasteiger charge is 2.52. The van der Waals surface area contributed by atoms with Gasteiger partial charge in [0.15, 0.2) is 0 Å². The van der Waals surface area contributed by atoms with E-state index < -0.39 is 17.5 Å². The van der Waals surface area contributed by atoms with Crippen LogP contribution in [0.3, 0.4) is 0 Å². The van der Waals surface area contributed by atoms with Crippen LogP contribution in [0.2, 0.25) is 0 Å². The van der Waals surface area contributed by atoms with Crippen molar-refractivity contribution < 1.29 is 18.0 Å². The molecule has 0 saturated heterocycles. The van der Waals surface area contributed by atoms with E-state index in [0.29, 0.717) is 0 Å². The van der Waals surface area contributed by atoms with Gasteiger partial charge in [-0.15, -0.1) is 0 Å². The first-order valence-corrected chi connectivity index (χ1v) is 3.09. The van der Waals surface area contributed by atoms with Gasteiger partial charge in [0.25, 0.3) is 0 Å². The summed E-state index contributed by atoms with van der Waals surface area (Å²) < 4.78 is 35.9. The summed E-state index contributed by atoms with van der Waals surface area (Å²) in [6.45, 7) is 1.51. The maximum Gasteiger partial charge on any atom is 0.402 e. The molecule has 0 heterocycles. The summed E-state index contributed by atoms with van der Waals surface area (Å²) in [6, 6.07) is 0. The van der Waals surface area contributed by atoms with E-state index in [0.717, 1.165) is 13.8 Å². The van der Waals surface area contributed by atoms with Crippen LogP contribution < -0.4 is 4.84 Å². The third kappa shape index (κ3) is 1.99. The minimum Gasteiger partial charge on any atom is -0.273 e. The average molecular weight is 190 g/mol. The standard InChI is InChI=1S/C5H7ClF3NO/c1-4(2,3(11)10-6)5(7,8)9/h1-2H3,(H,10,11). The molecule has 0 aliphatic heterocycles. The highest BCUT2D eigenvalue weighted by molar-refractivity contribution is 6.22. The van der Waals surface area contributed by atoms with Crippen molar-refractivity contribution in [2.75, 3.05) is 0 Å². The lowest BCUT2D eigenvalue weighted by Crippen LogP contribution is -2.43. The molecule has 0 unspecified atom stereocenters. The Hall–Kier alpha value is -0.450. The van der Waals surface area contributed by atoms with Crippen LogP contribution in [0.25, 0.3) is 0 Å². The number of alkyl halides is 3. The number of rotatable bonds is 1. The van der Waals surface area contributed by atoms with E-state index in [2.05, 4.69) is 0 Å². The molecule has 0 aliphatic carbocycles. The van der Waals surface area contributed by atoms with Crippen molar-refractivity contribution in [3.8, 4) is 0 Å². The third-order valence-corrected chi connectivity index (χ3v) is 1.53. The molecular formula is C5H7ClF3NO. The third-order valence-electron chi connectivity index (χ3n) is 1.36. The van der Waals surface area contributed by atoms with Crippen LogP contribution in [0.5, 0.6) is 0 Å². The smallest absolute Gasteiger partial charge is 0.273 e. The normalized spacial score (nSPS) is 12.9. The molecule has 0 radical (unpaired) electrons. The Morgan fingerprint density at radius 2 is 1.73 bits per heavy atom. The van der Waals surface area contributed by atoms with Gasteiger partial charge in [0.05, 0.1) is 0 Å². The number of hydrogen-bond acceptors (Lipinski definition) is 1. The molecule has 1 amide bonds. The summed E-state index contributed by atoms with van der Waals surface area (Å²) >= 11 is 4.74. The zero-order chi connectivity index (χ0) is 9.28. The molecule has 0 spiro atoms. The van der Waals surface area contributed by atoms with Gasteiger partial charge in [0.2, 0.25) is 5.91 Å². The molecule has 11 heavy (non-hydrogen) atoms. The number of nitrogens with one attached hydrogen (secondary N) is 1. The lowest BCUT2D eigenvalue weighted by molar-refractivity contribution is -0.210. The molecule has 0 atom stereocenters. The topological polar surface area (TPSA) is 29.1 Å². The molecule has 6 heteroatoms. The largest absolute Gasteiger partial charge is 0.402 e. The Balaban J connectivity index is 4.59. The van der Waals surface area contributed by atoms with Gasteiger partial charge in [0.1, 0.15) is 5.41 Å². The van der Waals surface area contributed by atoms with Crippen LogP contribution in [0.15, 0.2) is 0 Å². The zero-order valence-corrected chi connectivity index (χ0v) is 6.68. The minimum atomic E-state index is -4.58. The van der Waals surface area contributed by atoms with Gasteiger partial charge >= 0.3 is 6.18 Å². The van der Waals surface area contributed by atoms with Gasteiger partial charge in [-0.3, -0.25) is 9.63 Å². The van der Waals surface area contributed by atoms with Crippen LogP contribution in [0, 0.1) is 5.41 Å². The molecular weight excluding hydrogens is 183 g/mol. The highest BCUT2D eigenvalue weighted by Crippen LogP contribution is 2.37. The first-order valence-electron chi connectivity index (χ1n) is 2.71. The van der Waals surface area contributed by atoms with Crippen molar-refractivity contribution >= 4 is 17.7 Å². The number of carbonyl (C=O) groups excluding carboxylic acids is 1. The van der Waals surface area contributed by atoms with E-state index >= 15 is 0 Å². The summed E-state index contributed by atoms with van der Waals surface area (Å²) in [5, 5.41) is 0. The summed E-state index contributed by atoms with van der Waals surface area (Å²) in [7, 11) is 0. The average Bonchev–Trinajstić information content (AvgIpc) is 1.83. The molecule has 1 N–H and O–H groups in total. The van der Waals surface area contributed by atoms with Crippen molar-refractivity contribution in [2.45, 2.75) is 20.0 Å². The predicted octanol–water partition coefficient (Wildman–Crippen LogP) is 1.84. The molecule has 0 saturated carbocycles. The molecule has 0 aliphatic rings. The first kappa shape index (κ1) is 10.6. The maximum atomic E-state index is 12.0. The van der Waals surface area contributed by atoms with Crippen molar-refractivity contribution in [1.29, 1.82) is 0 Å². The summed E-state index contributed by atoms with van der Waals surface area (Å²) in [5.41, 5.74) is -2.44. The molecule has 0 fully saturated rings. The van der Waals surface area contributed by atoms with E-state index in [4.69, 9.17) is 11.8 Å². The van der Waals surface area contributed by atoms with E-state index in [1.165, 1.54) is 4.84 Å². The Bertz CT molecular complexity index is 166. The highest BCUT2D eigenvalue weighted by atomic mass is 35.5. The van der Waals surface area contributed by atoms with Crippen molar-refractivity contribution in [1.82, 2.24) is 4.84 Å². The molecule has 0 aromatic carbocycles. The minimum absolute atomic E-state index is 0.755. The zero-order valence-electron chi connectivity index (χ0n) is 5.92. The summed E-state index contributed by atoms with van der Waals surface area (Å²) in [5.74, 6) is -1.26. The predicted molar refractivity (Wildman–Crippen MR) is 33.8 cm³/mol. The molecule has 0 bridgehead atoms. The van der Waals surface area contributed by atoms with E-state index in [-0.39, 0.29) is 0 Å². The van der Waals surface area contributed by atoms with E-state index in [9.17, 15) is 18.0 Å². The van der Waals surface area contributed by atoms with Crippen LogP contribution >= 0.6 is 11.8 Å². The molecule has 0 aromatic rings. The second-order valence-electron chi connectivity index (χ2n) is 2.55. The fourth-order valence-corrected chi connectivity index (χ4v) is 0.483. The van der Waals surface area contributed by atoms with Crippen molar-refractivity contribution in [3.05, 3.63) is 0 Å². The summed E-state index contributed by atoms with van der Waals surface area (Å²) in [6.07, 6.45) is -4.58. The van der Waals surface area contributed by atoms with E-state index in [1.807, 2.05) is 0 Å². The number of halogens is 4. The van der Waals surface area contributed by atoms with E-state index in [1.54, 1.807) is 0 Å². The second-order valence-corrected chi connectivity index (χ2v) is 2.74. The molecule has 0 rings (SSSR count). The Morgan fingerprint density at radius 1 is 1.36 bits per heavy atom. The second kappa shape index (κ2) is 2.89. The lowest BCUT2D eigenvalue weighted by Gasteiger charge is -2.24. The lowest BCUT2D eigenvalue weighted by atomic mass is 9.92. The number of amides is 1. The maximum absolute atomic E-state index is 12.0. The fraction of sp³-hybridized carbons (Fsp3) is 0.800. The molecule has 2 nitrogen and oxygen atoms in total. The molecule has 0 aromatic heterocycles. The Kier molecular flexibility index (Phi) is 2.77. The fourth-order valence-electron chi connectivity index (χ4n) is 0.247. The Morgan fingerprint density at radius 3 is 1.82 bits per heavy atom. The molecule has 66 valence electrons. The Labute approximate surface area is 66.8 Å². The van der Waals surface area contributed by atoms with Crippen LogP contribution in [0.1, 0.15) is 13.8 Å². The van der Waals surface area contributed by atoms with Gasteiger partial charge in [-0.2, -0.15) is 13.2 Å². The first-order chi connectivity index (χ1) is 4.73. The van der Waals surface area contributed by atoms with Crippen LogP contribution in [0.4, 0.5) is 13.2 Å². The number of hydrogen-bond donors (Lipinski definition) is 1. The van der Waals surface area contributed by atoms with Gasteiger partial charge in [0, 0.05) is 11.8 Å². The van der Waals surface area contributed by atoms with Gasteiger partial charge in [-0.05, 0) is 13.8 Å².